The number of rotatable bonds is 3. The van der Waals surface area contributed by atoms with Crippen LogP contribution in [0.3, 0.4) is 0 Å². The van der Waals surface area contributed by atoms with E-state index < -0.39 is 0 Å². The van der Waals surface area contributed by atoms with Crippen LogP contribution in [0.2, 0.25) is 0 Å². The highest BCUT2D eigenvalue weighted by Gasteiger charge is 2.26. The fourth-order valence-corrected chi connectivity index (χ4v) is 8.87. The third-order valence-corrected chi connectivity index (χ3v) is 12.3. The minimum absolute atomic E-state index is 0.922. The largest absolute Gasteiger partial charge is 0.456 e. The lowest BCUT2D eigenvalue weighted by Gasteiger charge is -2.28. The number of furan rings is 1. The fourth-order valence-electron chi connectivity index (χ4n) is 8.87. The Hall–Kier alpha value is -5.14. The SMILES string of the molecule is Bc1c(B)c(B)c2c(-c3ccccc3-c3ccccc3)c3c(B)c(B)c(B)c(B)c3c(-c3ccc4oc5cc6ccccc6cc5c4c3)c2c1B. The van der Waals surface area contributed by atoms with Crippen LogP contribution in [-0.2, 0) is 0 Å². The summed E-state index contributed by atoms with van der Waals surface area (Å²) < 4.78 is 6.51. The Morgan fingerprint density at radius 1 is 0.333 bits per heavy atom. The van der Waals surface area contributed by atoms with Gasteiger partial charge in [-0.2, -0.15) is 0 Å². The molecule has 0 radical (unpaired) electrons. The molecule has 0 N–H and O–H groups in total. The molecule has 0 fully saturated rings. The van der Waals surface area contributed by atoms with Gasteiger partial charge in [-0.3, -0.25) is 0 Å². The minimum Gasteiger partial charge on any atom is -0.456 e. The van der Waals surface area contributed by atoms with Crippen molar-refractivity contribution < 1.29 is 4.42 Å². The smallest absolute Gasteiger partial charge is 0.139 e. The number of benzene rings is 8. The normalized spacial score (nSPS) is 11.8. The highest BCUT2D eigenvalue weighted by Crippen LogP contribution is 2.44. The van der Waals surface area contributed by atoms with E-state index >= 15 is 0 Å². The standard InChI is InChI=1S/C42H34B8O/c43-35-31-29(22-14-15-27-25(17-22)26-16-20-10-4-5-11-21(20)18-28(26)51-27)32-34(38(46)42(50)40(48)36(32)44)30(33(31)37(45)41(49)39(35)47)24-13-7-6-12-23(24)19-8-2-1-3-9-19/h1-18H,43-50H2. The predicted octanol–water partition coefficient (Wildman–Crippen LogP) is -1.89. The molecule has 9 heteroatoms. The Morgan fingerprint density at radius 3 is 1.39 bits per heavy atom. The Morgan fingerprint density at radius 2 is 0.804 bits per heavy atom. The highest BCUT2D eigenvalue weighted by molar-refractivity contribution is 6.71. The molecule has 0 bridgehead atoms. The van der Waals surface area contributed by atoms with Gasteiger partial charge in [0.2, 0.25) is 0 Å². The molecule has 9 aromatic rings. The van der Waals surface area contributed by atoms with Gasteiger partial charge >= 0.3 is 0 Å². The summed E-state index contributed by atoms with van der Waals surface area (Å²) in [5, 5.41) is 10.2. The van der Waals surface area contributed by atoms with Crippen LogP contribution in [0.5, 0.6) is 0 Å². The second-order valence-corrected chi connectivity index (χ2v) is 14.7. The number of hydrogen-bond donors (Lipinski definition) is 0. The van der Waals surface area contributed by atoms with E-state index in [4.69, 9.17) is 4.42 Å². The molecule has 0 aliphatic heterocycles. The molecule has 51 heavy (non-hydrogen) atoms. The molecular weight excluding hydrogens is 607 g/mol. The van der Waals surface area contributed by atoms with E-state index in [-0.39, 0.29) is 0 Å². The first-order valence-corrected chi connectivity index (χ1v) is 18.1. The number of hydrogen-bond acceptors (Lipinski definition) is 1. The van der Waals surface area contributed by atoms with Gasteiger partial charge in [0.05, 0.1) is 0 Å². The lowest BCUT2D eigenvalue weighted by atomic mass is 9.59. The summed E-state index contributed by atoms with van der Waals surface area (Å²) >= 11 is 0. The van der Waals surface area contributed by atoms with Gasteiger partial charge in [-0.1, -0.05) is 107 Å². The van der Waals surface area contributed by atoms with Gasteiger partial charge in [0.15, 0.2) is 0 Å². The first-order valence-electron chi connectivity index (χ1n) is 18.1. The van der Waals surface area contributed by atoms with E-state index in [9.17, 15) is 0 Å². The molecule has 0 unspecified atom stereocenters. The van der Waals surface area contributed by atoms with Crippen LogP contribution >= 0.6 is 0 Å². The van der Waals surface area contributed by atoms with Crippen molar-refractivity contribution in [2.24, 2.45) is 0 Å². The zero-order valence-electron chi connectivity index (χ0n) is 30.8. The van der Waals surface area contributed by atoms with Crippen molar-refractivity contribution in [3.63, 3.8) is 0 Å². The van der Waals surface area contributed by atoms with E-state index in [0.717, 1.165) is 21.9 Å². The summed E-state index contributed by atoms with van der Waals surface area (Å²) in [6, 6.07) is 39.8. The molecule has 0 spiro atoms. The Kier molecular flexibility index (Phi) is 7.30. The zero-order valence-corrected chi connectivity index (χ0v) is 30.8. The van der Waals surface area contributed by atoms with Gasteiger partial charge in [-0.15, -0.1) is 21.9 Å². The van der Waals surface area contributed by atoms with Crippen molar-refractivity contribution in [2.75, 3.05) is 0 Å². The Bertz CT molecular complexity index is 2870. The maximum atomic E-state index is 6.51. The molecule has 1 heterocycles. The van der Waals surface area contributed by atoms with Gasteiger partial charge in [-0.25, -0.2) is 0 Å². The maximum Gasteiger partial charge on any atom is 0.139 e. The topological polar surface area (TPSA) is 13.1 Å². The molecule has 0 atom stereocenters. The molecule has 0 saturated heterocycles. The van der Waals surface area contributed by atoms with Crippen LogP contribution in [0.25, 0.3) is 87.6 Å². The fraction of sp³-hybridized carbons (Fsp3) is 0. The summed E-state index contributed by atoms with van der Waals surface area (Å²) in [7, 11) is 18.6. The zero-order chi connectivity index (χ0) is 35.3. The van der Waals surface area contributed by atoms with Crippen molar-refractivity contribution in [3.05, 3.63) is 109 Å². The molecule has 0 amide bonds. The van der Waals surface area contributed by atoms with Crippen LogP contribution < -0.4 is 43.7 Å². The molecule has 0 saturated carbocycles. The molecule has 8 aromatic carbocycles. The third-order valence-electron chi connectivity index (χ3n) is 12.3. The average Bonchev–Trinajstić information content (AvgIpc) is 3.52. The predicted molar refractivity (Wildman–Crippen MR) is 248 cm³/mol. The lowest BCUT2D eigenvalue weighted by molar-refractivity contribution is 0.669. The summed E-state index contributed by atoms with van der Waals surface area (Å²) in [5.41, 5.74) is 20.4. The summed E-state index contributed by atoms with van der Waals surface area (Å²) in [6.45, 7) is 0. The number of fused-ring (bicyclic) bond motifs is 6. The van der Waals surface area contributed by atoms with E-state index in [1.165, 1.54) is 109 Å². The molecule has 232 valence electrons. The summed E-state index contributed by atoms with van der Waals surface area (Å²) in [5.74, 6) is 0. The van der Waals surface area contributed by atoms with Gasteiger partial charge in [0.25, 0.3) is 0 Å². The van der Waals surface area contributed by atoms with Crippen LogP contribution in [0.15, 0.2) is 114 Å². The molecular formula is C42H34B8O. The van der Waals surface area contributed by atoms with Gasteiger partial charge in [-0.05, 0) is 90.0 Å². The lowest BCUT2D eigenvalue weighted by Crippen LogP contribution is -2.50. The second-order valence-electron chi connectivity index (χ2n) is 14.7. The molecule has 9 rings (SSSR count). The monoisotopic (exact) mass is 642 g/mol. The summed E-state index contributed by atoms with van der Waals surface area (Å²) in [4.78, 5) is 0. The van der Waals surface area contributed by atoms with Crippen molar-refractivity contribution in [3.8, 4) is 33.4 Å². The highest BCUT2D eigenvalue weighted by atomic mass is 16.3. The maximum absolute atomic E-state index is 6.51. The minimum atomic E-state index is 0.922. The van der Waals surface area contributed by atoms with E-state index in [1.54, 1.807) is 0 Å². The molecule has 1 nitrogen and oxygen atoms in total. The van der Waals surface area contributed by atoms with Crippen LogP contribution in [-0.4, -0.2) is 62.8 Å². The Balaban J connectivity index is 1.52. The van der Waals surface area contributed by atoms with Crippen molar-refractivity contribution >= 4 is 161 Å². The van der Waals surface area contributed by atoms with Crippen LogP contribution in [0, 0.1) is 0 Å². The molecule has 0 aliphatic carbocycles. The van der Waals surface area contributed by atoms with E-state index in [1.807, 2.05) is 0 Å². The first kappa shape index (κ1) is 31.8. The summed E-state index contributed by atoms with van der Waals surface area (Å²) in [6.07, 6.45) is 0. The van der Waals surface area contributed by atoms with E-state index in [2.05, 4.69) is 172 Å². The van der Waals surface area contributed by atoms with Gasteiger partial charge in [0, 0.05) is 10.8 Å². The Labute approximate surface area is 306 Å². The van der Waals surface area contributed by atoms with Crippen molar-refractivity contribution in [2.45, 2.75) is 0 Å². The first-order chi connectivity index (χ1) is 24.7. The third kappa shape index (κ3) is 4.60. The second kappa shape index (κ2) is 11.7. The van der Waals surface area contributed by atoms with Crippen LogP contribution in [0.4, 0.5) is 0 Å². The molecule has 0 aliphatic rings. The quantitative estimate of drug-likeness (QED) is 0.163. The molecule has 1 aromatic heterocycles. The van der Waals surface area contributed by atoms with Gasteiger partial charge in [0.1, 0.15) is 73.9 Å². The van der Waals surface area contributed by atoms with Crippen LogP contribution in [0.1, 0.15) is 0 Å². The van der Waals surface area contributed by atoms with E-state index in [0.29, 0.717) is 0 Å². The van der Waals surface area contributed by atoms with Crippen molar-refractivity contribution in [1.29, 1.82) is 0 Å². The van der Waals surface area contributed by atoms with Crippen molar-refractivity contribution in [1.82, 2.24) is 0 Å². The van der Waals surface area contributed by atoms with Gasteiger partial charge < -0.3 is 4.42 Å². The average molecular weight is 641 g/mol.